The first-order valence-electron chi connectivity index (χ1n) is 1.46. The molecule has 1 saturated heterocycles. The highest BCUT2D eigenvalue weighted by molar-refractivity contribution is 8.26. The largest absolute Gasteiger partial charge is 0.285 e. The lowest BCUT2D eigenvalue weighted by atomic mass is 10.9. The molecule has 34 valence electrons. The minimum Gasteiger partial charge on any atom is -0.285 e. The summed E-state index contributed by atoms with van der Waals surface area (Å²) in [7, 11) is 0. The van der Waals surface area contributed by atoms with E-state index >= 15 is 0 Å². The molecule has 0 spiro atoms. The minimum atomic E-state index is 0.222. The number of hydrogen-bond acceptors (Lipinski definition) is 4. The van der Waals surface area contributed by atoms with Gasteiger partial charge in [0.15, 0.2) is 0 Å². The van der Waals surface area contributed by atoms with Crippen molar-refractivity contribution in [3.63, 3.8) is 0 Å². The van der Waals surface area contributed by atoms with Gasteiger partial charge in [0.25, 0.3) is 0 Å². The van der Waals surface area contributed by atoms with Crippen molar-refractivity contribution in [1.29, 1.82) is 0 Å². The maximum atomic E-state index is 10.1. The van der Waals surface area contributed by atoms with Crippen LogP contribution in [0.4, 0.5) is 0 Å². The summed E-state index contributed by atoms with van der Waals surface area (Å²) in [6, 6.07) is 0. The van der Waals surface area contributed by atoms with Gasteiger partial charge in [0.2, 0.25) is 5.12 Å². The quantitative estimate of drug-likeness (QED) is 0.470. The average molecular weight is 121 g/mol. The minimum absolute atomic E-state index is 0.222. The lowest BCUT2D eigenvalue weighted by Crippen LogP contribution is -1.83. The summed E-state index contributed by atoms with van der Waals surface area (Å²) in [5.41, 5.74) is 0. The average Bonchev–Trinajstić information content (AvgIpc) is 1.86. The van der Waals surface area contributed by atoms with E-state index in [0.29, 0.717) is 5.75 Å². The zero-order chi connectivity index (χ0) is 4.41. The van der Waals surface area contributed by atoms with E-state index in [2.05, 4.69) is 4.13 Å². The van der Waals surface area contributed by atoms with Crippen molar-refractivity contribution in [3.05, 3.63) is 0 Å². The van der Waals surface area contributed by atoms with Crippen LogP contribution < -0.4 is 4.13 Å². The number of carbonyl (C=O) groups excluding carboxylic acids is 1. The Hall–Kier alpha value is 0.330. The van der Waals surface area contributed by atoms with Crippen LogP contribution in [0, 0.1) is 0 Å². The molecule has 1 aliphatic rings. The van der Waals surface area contributed by atoms with Gasteiger partial charge in [-0.3, -0.25) is 4.79 Å². The Kier molecular flexibility index (Phi) is 1.39. The predicted molar refractivity (Wildman–Crippen MR) is 28.2 cm³/mol. The molecule has 1 aliphatic heterocycles. The third-order valence-corrected chi connectivity index (χ3v) is 2.17. The van der Waals surface area contributed by atoms with Crippen LogP contribution in [0.25, 0.3) is 0 Å². The van der Waals surface area contributed by atoms with E-state index in [1.54, 1.807) is 0 Å². The Bertz CT molecular complexity index is 65.9. The number of hydrogen-bond donors (Lipinski definition) is 1. The molecule has 1 rings (SSSR count). The second-order valence-corrected chi connectivity index (χ2v) is 2.75. The normalized spacial score (nSPS) is 22.3. The topological polar surface area (TPSA) is 29.1 Å². The van der Waals surface area contributed by atoms with Crippen LogP contribution in [0.3, 0.4) is 0 Å². The molecule has 0 radical (unpaired) electrons. The second-order valence-electron chi connectivity index (χ2n) is 0.846. The number of nitrogens with one attached hydrogen (secondary N) is 1. The van der Waals surface area contributed by atoms with Crippen molar-refractivity contribution in [2.75, 3.05) is 5.75 Å². The molecule has 0 aromatic rings. The SMILES string of the molecule is O=C1CSNS1. The third kappa shape index (κ3) is 0.894. The molecule has 0 aromatic heterocycles. The molecule has 6 heavy (non-hydrogen) atoms. The number of carbonyl (C=O) groups is 1. The summed E-state index contributed by atoms with van der Waals surface area (Å²) in [4.78, 5) is 10.1. The van der Waals surface area contributed by atoms with Crippen molar-refractivity contribution >= 4 is 29.0 Å². The fourth-order valence-electron chi connectivity index (χ4n) is 0.194. The smallest absolute Gasteiger partial charge is 0.215 e. The van der Waals surface area contributed by atoms with Gasteiger partial charge in [-0.25, -0.2) is 4.13 Å². The van der Waals surface area contributed by atoms with Crippen LogP contribution in [0.5, 0.6) is 0 Å². The first kappa shape index (κ1) is 4.49. The fraction of sp³-hybridized carbons (Fsp3) is 0.500. The summed E-state index contributed by atoms with van der Waals surface area (Å²) in [5, 5.41) is 0.222. The summed E-state index contributed by atoms with van der Waals surface area (Å²) < 4.78 is 2.76. The van der Waals surface area contributed by atoms with Gasteiger partial charge >= 0.3 is 0 Å². The zero-order valence-electron chi connectivity index (χ0n) is 2.93. The van der Waals surface area contributed by atoms with E-state index in [4.69, 9.17) is 0 Å². The first-order valence-corrected chi connectivity index (χ1v) is 3.26. The van der Waals surface area contributed by atoms with Crippen LogP contribution in [0.15, 0.2) is 0 Å². The lowest BCUT2D eigenvalue weighted by Gasteiger charge is -1.72. The summed E-state index contributed by atoms with van der Waals surface area (Å²) >= 11 is 2.62. The van der Waals surface area contributed by atoms with Gasteiger partial charge in [0.05, 0.1) is 5.75 Å². The molecule has 0 saturated carbocycles. The van der Waals surface area contributed by atoms with Crippen LogP contribution >= 0.6 is 23.9 Å². The molecule has 4 heteroatoms. The first-order chi connectivity index (χ1) is 2.89. The molecule has 0 aliphatic carbocycles. The Morgan fingerprint density at radius 2 is 2.67 bits per heavy atom. The van der Waals surface area contributed by atoms with Crippen LogP contribution in [-0.2, 0) is 4.79 Å². The van der Waals surface area contributed by atoms with E-state index in [0.717, 1.165) is 0 Å². The van der Waals surface area contributed by atoms with Gasteiger partial charge < -0.3 is 0 Å². The monoisotopic (exact) mass is 121 g/mol. The highest BCUT2D eigenvalue weighted by Gasteiger charge is 2.08. The van der Waals surface area contributed by atoms with Gasteiger partial charge in [-0.1, -0.05) is 11.9 Å². The Balaban J connectivity index is 2.37. The summed E-state index contributed by atoms with van der Waals surface area (Å²) in [6.45, 7) is 0. The maximum Gasteiger partial charge on any atom is 0.215 e. The fourth-order valence-corrected chi connectivity index (χ4v) is 1.57. The molecule has 2 nitrogen and oxygen atoms in total. The van der Waals surface area contributed by atoms with E-state index in [-0.39, 0.29) is 5.12 Å². The molecule has 0 amide bonds. The van der Waals surface area contributed by atoms with E-state index in [1.807, 2.05) is 0 Å². The van der Waals surface area contributed by atoms with Crippen molar-refractivity contribution in [3.8, 4) is 0 Å². The molecule has 1 fully saturated rings. The predicted octanol–water partition coefficient (Wildman–Crippen LogP) is 0.413. The molecule has 0 aromatic carbocycles. The van der Waals surface area contributed by atoms with Crippen LogP contribution in [-0.4, -0.2) is 10.9 Å². The zero-order valence-corrected chi connectivity index (χ0v) is 4.56. The third-order valence-electron chi connectivity index (χ3n) is 0.404. The molecular weight excluding hydrogens is 118 g/mol. The Morgan fingerprint density at radius 1 is 1.83 bits per heavy atom. The standard InChI is InChI=1S/C2H3NOS2/c4-2-1-5-3-6-2/h3H,1H2. The second kappa shape index (κ2) is 1.86. The number of rotatable bonds is 0. The van der Waals surface area contributed by atoms with Crippen molar-refractivity contribution in [2.45, 2.75) is 0 Å². The Labute approximate surface area is 44.3 Å². The molecule has 0 unspecified atom stereocenters. The van der Waals surface area contributed by atoms with Crippen molar-refractivity contribution in [2.24, 2.45) is 0 Å². The maximum absolute atomic E-state index is 10.1. The van der Waals surface area contributed by atoms with Gasteiger partial charge in [-0.15, -0.1) is 0 Å². The van der Waals surface area contributed by atoms with Crippen molar-refractivity contribution in [1.82, 2.24) is 4.13 Å². The van der Waals surface area contributed by atoms with Gasteiger partial charge in [0, 0.05) is 11.9 Å². The van der Waals surface area contributed by atoms with Crippen molar-refractivity contribution < 1.29 is 4.79 Å². The van der Waals surface area contributed by atoms with Gasteiger partial charge in [-0.05, 0) is 0 Å². The van der Waals surface area contributed by atoms with Gasteiger partial charge in [0.1, 0.15) is 0 Å². The van der Waals surface area contributed by atoms with E-state index in [1.165, 1.54) is 23.9 Å². The summed E-state index contributed by atoms with van der Waals surface area (Å²) in [6.07, 6.45) is 0. The molecule has 0 atom stereocenters. The molecule has 1 N–H and O–H groups in total. The highest BCUT2D eigenvalue weighted by Crippen LogP contribution is 2.14. The highest BCUT2D eigenvalue weighted by atomic mass is 32.2. The molecule has 1 heterocycles. The van der Waals surface area contributed by atoms with Gasteiger partial charge in [-0.2, -0.15) is 0 Å². The Morgan fingerprint density at radius 3 is 2.83 bits per heavy atom. The van der Waals surface area contributed by atoms with Crippen LogP contribution in [0.1, 0.15) is 0 Å². The van der Waals surface area contributed by atoms with E-state index in [9.17, 15) is 4.79 Å². The summed E-state index contributed by atoms with van der Waals surface area (Å²) in [5.74, 6) is 0.616. The molecule has 0 bridgehead atoms. The van der Waals surface area contributed by atoms with Crippen LogP contribution in [0.2, 0.25) is 0 Å². The molecular formula is C2H3NOS2. The van der Waals surface area contributed by atoms with E-state index < -0.39 is 0 Å². The lowest BCUT2D eigenvalue weighted by molar-refractivity contribution is -0.108.